The molecule has 1 aromatic carbocycles. The van der Waals surface area contributed by atoms with E-state index in [9.17, 15) is 13.2 Å². The van der Waals surface area contributed by atoms with Gasteiger partial charge in [-0.15, -0.1) is 12.4 Å². The van der Waals surface area contributed by atoms with Crippen LogP contribution in [0.3, 0.4) is 0 Å². The van der Waals surface area contributed by atoms with Gasteiger partial charge in [0.2, 0.25) is 10.0 Å². The van der Waals surface area contributed by atoms with E-state index >= 15 is 0 Å². The van der Waals surface area contributed by atoms with Gasteiger partial charge in [0.1, 0.15) is 0 Å². The standard InChI is InChI=1S/C19H30N4O3S.ClH/c1-3-23(4-2)27(25,26)18-7-5-16(6-8-18)19(24)22-12-9-17(15-22)21-13-10-20-11-14-21;/h5-8,17,20H,3-4,9-15H2,1-2H3;1H. The summed E-state index contributed by atoms with van der Waals surface area (Å²) in [4.78, 5) is 17.4. The highest BCUT2D eigenvalue weighted by molar-refractivity contribution is 7.89. The highest BCUT2D eigenvalue weighted by Crippen LogP contribution is 2.21. The first kappa shape index (κ1) is 23.1. The van der Waals surface area contributed by atoms with Gasteiger partial charge in [0.25, 0.3) is 5.91 Å². The summed E-state index contributed by atoms with van der Waals surface area (Å²) >= 11 is 0. The SMILES string of the molecule is CCN(CC)S(=O)(=O)c1ccc(C(=O)N2CCC(N3CCNCC3)C2)cc1.Cl. The molecule has 7 nitrogen and oxygen atoms in total. The van der Waals surface area contributed by atoms with E-state index in [1.165, 1.54) is 4.31 Å². The van der Waals surface area contributed by atoms with Crippen molar-refractivity contribution in [3.8, 4) is 0 Å². The number of carbonyl (C=O) groups excluding carboxylic acids is 1. The second-order valence-corrected chi connectivity index (χ2v) is 9.03. The van der Waals surface area contributed by atoms with Crippen LogP contribution >= 0.6 is 12.4 Å². The fraction of sp³-hybridized carbons (Fsp3) is 0.632. The second-order valence-electron chi connectivity index (χ2n) is 7.09. The third-order valence-corrected chi connectivity index (χ3v) is 7.63. The summed E-state index contributed by atoms with van der Waals surface area (Å²) < 4.78 is 26.6. The van der Waals surface area contributed by atoms with Gasteiger partial charge < -0.3 is 10.2 Å². The Morgan fingerprint density at radius 2 is 1.71 bits per heavy atom. The molecule has 1 N–H and O–H groups in total. The molecule has 28 heavy (non-hydrogen) atoms. The lowest BCUT2D eigenvalue weighted by atomic mass is 10.2. The van der Waals surface area contributed by atoms with Crippen molar-refractivity contribution in [2.45, 2.75) is 31.2 Å². The number of hydrogen-bond acceptors (Lipinski definition) is 5. The minimum atomic E-state index is -3.49. The minimum absolute atomic E-state index is 0. The van der Waals surface area contributed by atoms with E-state index in [-0.39, 0.29) is 23.2 Å². The van der Waals surface area contributed by atoms with Crippen molar-refractivity contribution in [1.29, 1.82) is 0 Å². The molecule has 2 aliphatic heterocycles. The van der Waals surface area contributed by atoms with Gasteiger partial charge in [0.05, 0.1) is 4.90 Å². The molecule has 3 rings (SSSR count). The summed E-state index contributed by atoms with van der Waals surface area (Å²) in [6.45, 7) is 10.1. The van der Waals surface area contributed by atoms with Crippen molar-refractivity contribution >= 4 is 28.3 Å². The number of piperazine rings is 1. The zero-order valence-corrected chi connectivity index (χ0v) is 18.3. The molecule has 0 aliphatic carbocycles. The van der Waals surface area contributed by atoms with Gasteiger partial charge >= 0.3 is 0 Å². The van der Waals surface area contributed by atoms with E-state index < -0.39 is 10.0 Å². The Kier molecular flexibility index (Phi) is 8.27. The Morgan fingerprint density at radius 3 is 2.29 bits per heavy atom. The molecule has 0 spiro atoms. The highest BCUT2D eigenvalue weighted by Gasteiger charge is 2.31. The van der Waals surface area contributed by atoms with E-state index in [4.69, 9.17) is 0 Å². The van der Waals surface area contributed by atoms with Crippen molar-refractivity contribution in [3.63, 3.8) is 0 Å². The summed E-state index contributed by atoms with van der Waals surface area (Å²) in [6.07, 6.45) is 1.00. The maximum atomic E-state index is 12.8. The smallest absolute Gasteiger partial charge is 0.253 e. The average molecular weight is 431 g/mol. The predicted octanol–water partition coefficient (Wildman–Crippen LogP) is 1.26. The molecular formula is C19H31ClN4O3S. The first-order valence-electron chi connectivity index (χ1n) is 9.81. The number of likely N-dealkylation sites (tertiary alicyclic amines) is 1. The number of hydrogen-bond donors (Lipinski definition) is 1. The Bertz CT molecular complexity index is 747. The van der Waals surface area contributed by atoms with Crippen LogP contribution in [0.25, 0.3) is 0 Å². The van der Waals surface area contributed by atoms with Crippen LogP contribution in [0.5, 0.6) is 0 Å². The van der Waals surface area contributed by atoms with E-state index in [1.54, 1.807) is 24.3 Å². The molecule has 1 amide bonds. The molecule has 158 valence electrons. The number of rotatable bonds is 6. The lowest BCUT2D eigenvalue weighted by molar-refractivity contribution is 0.0773. The van der Waals surface area contributed by atoms with Crippen molar-refractivity contribution < 1.29 is 13.2 Å². The van der Waals surface area contributed by atoms with Gasteiger partial charge in [-0.2, -0.15) is 4.31 Å². The fourth-order valence-electron chi connectivity index (χ4n) is 3.94. The monoisotopic (exact) mass is 430 g/mol. The van der Waals surface area contributed by atoms with Crippen LogP contribution in [0.4, 0.5) is 0 Å². The fourth-order valence-corrected chi connectivity index (χ4v) is 5.39. The van der Waals surface area contributed by atoms with Crippen LogP contribution in [-0.4, -0.2) is 86.8 Å². The van der Waals surface area contributed by atoms with Crippen LogP contribution in [0.1, 0.15) is 30.6 Å². The van der Waals surface area contributed by atoms with E-state index in [0.717, 1.165) is 45.7 Å². The molecule has 9 heteroatoms. The summed E-state index contributed by atoms with van der Waals surface area (Å²) in [6, 6.07) is 6.79. The molecule has 0 aromatic heterocycles. The lowest BCUT2D eigenvalue weighted by Crippen LogP contribution is -2.49. The van der Waals surface area contributed by atoms with Gasteiger partial charge in [0.15, 0.2) is 0 Å². The largest absolute Gasteiger partial charge is 0.337 e. The number of amides is 1. The molecule has 1 aromatic rings. The predicted molar refractivity (Wildman–Crippen MR) is 113 cm³/mol. The number of carbonyl (C=O) groups is 1. The molecule has 0 radical (unpaired) electrons. The molecule has 2 fully saturated rings. The zero-order chi connectivity index (χ0) is 19.4. The van der Waals surface area contributed by atoms with E-state index in [1.807, 2.05) is 18.7 Å². The van der Waals surface area contributed by atoms with Gasteiger partial charge in [-0.25, -0.2) is 8.42 Å². The summed E-state index contributed by atoms with van der Waals surface area (Å²) in [5.74, 6) is -0.0144. The molecule has 2 aliphatic rings. The van der Waals surface area contributed by atoms with Crippen LogP contribution in [0.2, 0.25) is 0 Å². The topological polar surface area (TPSA) is 73.0 Å². The van der Waals surface area contributed by atoms with E-state index in [0.29, 0.717) is 24.7 Å². The molecular weight excluding hydrogens is 400 g/mol. The molecule has 1 atom stereocenters. The normalized spacial score (nSPS) is 21.0. The number of nitrogens with zero attached hydrogens (tertiary/aromatic N) is 3. The quantitative estimate of drug-likeness (QED) is 0.735. The van der Waals surface area contributed by atoms with Crippen molar-refractivity contribution in [2.24, 2.45) is 0 Å². The summed E-state index contributed by atoms with van der Waals surface area (Å²) in [7, 11) is -3.49. The zero-order valence-electron chi connectivity index (χ0n) is 16.6. The van der Waals surface area contributed by atoms with Gasteiger partial charge in [-0.3, -0.25) is 9.69 Å². The molecule has 0 saturated carbocycles. The molecule has 2 saturated heterocycles. The van der Waals surface area contributed by atoms with Gasteiger partial charge in [0, 0.05) is 64.0 Å². The number of halogens is 1. The summed E-state index contributed by atoms with van der Waals surface area (Å²) in [5.41, 5.74) is 0.550. The molecule has 2 heterocycles. The first-order valence-corrected chi connectivity index (χ1v) is 11.3. The van der Waals surface area contributed by atoms with Crippen LogP contribution < -0.4 is 5.32 Å². The number of benzene rings is 1. The highest BCUT2D eigenvalue weighted by atomic mass is 35.5. The molecule has 1 unspecified atom stereocenters. The average Bonchev–Trinajstić information content (AvgIpc) is 3.19. The Labute approximate surface area is 174 Å². The Hall–Kier alpha value is -1.19. The Balaban J connectivity index is 0.00000280. The van der Waals surface area contributed by atoms with Crippen LogP contribution in [0.15, 0.2) is 29.2 Å². The summed E-state index contributed by atoms with van der Waals surface area (Å²) in [5, 5.41) is 3.36. The number of sulfonamides is 1. The third kappa shape index (κ3) is 4.86. The first-order chi connectivity index (χ1) is 13.0. The maximum absolute atomic E-state index is 12.8. The van der Waals surface area contributed by atoms with Crippen LogP contribution in [0, 0.1) is 0 Å². The van der Waals surface area contributed by atoms with Crippen molar-refractivity contribution in [3.05, 3.63) is 29.8 Å². The van der Waals surface area contributed by atoms with Crippen molar-refractivity contribution in [2.75, 3.05) is 52.4 Å². The lowest BCUT2D eigenvalue weighted by Gasteiger charge is -2.32. The van der Waals surface area contributed by atoms with Gasteiger partial charge in [-0.05, 0) is 30.7 Å². The second kappa shape index (κ2) is 10.0. The van der Waals surface area contributed by atoms with Gasteiger partial charge in [-0.1, -0.05) is 13.8 Å². The Morgan fingerprint density at radius 1 is 1.11 bits per heavy atom. The third-order valence-electron chi connectivity index (χ3n) is 5.56. The molecule has 0 bridgehead atoms. The maximum Gasteiger partial charge on any atom is 0.253 e. The number of nitrogens with one attached hydrogen (secondary N) is 1. The van der Waals surface area contributed by atoms with E-state index in [2.05, 4.69) is 10.2 Å². The minimum Gasteiger partial charge on any atom is -0.337 e. The van der Waals surface area contributed by atoms with Crippen molar-refractivity contribution in [1.82, 2.24) is 19.4 Å². The van der Waals surface area contributed by atoms with Crippen LogP contribution in [-0.2, 0) is 10.0 Å².